The van der Waals surface area contributed by atoms with Crippen molar-refractivity contribution in [2.75, 3.05) is 0 Å². The summed E-state index contributed by atoms with van der Waals surface area (Å²) in [6.45, 7) is 1.78. The number of nitrogens with zero attached hydrogens (tertiary/aromatic N) is 6. The van der Waals surface area contributed by atoms with E-state index in [1.165, 1.54) is 17.2 Å². The summed E-state index contributed by atoms with van der Waals surface area (Å²) in [7, 11) is 0. The van der Waals surface area contributed by atoms with Crippen LogP contribution in [0.4, 0.5) is 0 Å². The Labute approximate surface area is 179 Å². The molecule has 0 fully saturated rings. The van der Waals surface area contributed by atoms with E-state index in [1.807, 2.05) is 24.3 Å². The maximum Gasteiger partial charge on any atom is 0.273 e. The van der Waals surface area contributed by atoms with Crippen molar-refractivity contribution in [1.82, 2.24) is 40.8 Å². The Morgan fingerprint density at radius 1 is 0.933 bits per heavy atom. The highest BCUT2D eigenvalue weighted by atomic mass is 79.9. The number of nitrogens with one attached hydrogen (secondary N) is 2. The van der Waals surface area contributed by atoms with Gasteiger partial charge in [0, 0.05) is 10.0 Å². The summed E-state index contributed by atoms with van der Waals surface area (Å²) in [6.07, 6.45) is 2.91. The predicted molar refractivity (Wildman–Crippen MR) is 110 cm³/mol. The normalized spacial score (nSPS) is 10.6. The number of benzene rings is 2. The van der Waals surface area contributed by atoms with Crippen LogP contribution in [0.25, 0.3) is 11.4 Å². The van der Waals surface area contributed by atoms with Crippen LogP contribution in [0.3, 0.4) is 0 Å². The third kappa shape index (κ3) is 3.96. The van der Waals surface area contributed by atoms with E-state index < -0.39 is 11.8 Å². The van der Waals surface area contributed by atoms with Gasteiger partial charge in [0.05, 0.1) is 28.8 Å². The molecule has 2 aromatic heterocycles. The zero-order chi connectivity index (χ0) is 21.1. The number of aromatic nitrogens is 6. The van der Waals surface area contributed by atoms with E-state index in [0.29, 0.717) is 22.5 Å². The minimum absolute atomic E-state index is 0.354. The molecule has 0 saturated heterocycles. The SMILES string of the molecule is Cc1c(C(=O)NNC(=O)c2ccc(-n3cnnn3)cc2)cnn1-c1ccc(Br)cc1. The summed E-state index contributed by atoms with van der Waals surface area (Å²) in [6, 6.07) is 14.1. The molecule has 4 rings (SSSR count). The Bertz CT molecular complexity index is 1180. The first kappa shape index (κ1) is 19.5. The van der Waals surface area contributed by atoms with Crippen LogP contribution < -0.4 is 10.9 Å². The van der Waals surface area contributed by atoms with Gasteiger partial charge in [-0.2, -0.15) is 5.10 Å². The number of rotatable bonds is 4. The van der Waals surface area contributed by atoms with Crippen LogP contribution in [-0.2, 0) is 0 Å². The van der Waals surface area contributed by atoms with Crippen LogP contribution in [-0.4, -0.2) is 41.8 Å². The number of carbonyl (C=O) groups is 2. The van der Waals surface area contributed by atoms with Crippen molar-refractivity contribution < 1.29 is 9.59 Å². The van der Waals surface area contributed by atoms with E-state index in [9.17, 15) is 9.59 Å². The average molecular weight is 467 g/mol. The monoisotopic (exact) mass is 466 g/mol. The van der Waals surface area contributed by atoms with Gasteiger partial charge >= 0.3 is 0 Å². The summed E-state index contributed by atoms with van der Waals surface area (Å²) in [5, 5.41) is 15.2. The van der Waals surface area contributed by atoms with Gasteiger partial charge in [-0.1, -0.05) is 15.9 Å². The number of halogens is 1. The summed E-state index contributed by atoms with van der Waals surface area (Å²) in [4.78, 5) is 24.8. The first-order chi connectivity index (χ1) is 14.5. The molecule has 0 saturated carbocycles. The Kier molecular flexibility index (Phi) is 5.35. The molecule has 0 atom stereocenters. The van der Waals surface area contributed by atoms with Gasteiger partial charge in [0.25, 0.3) is 11.8 Å². The fourth-order valence-corrected chi connectivity index (χ4v) is 3.04. The lowest BCUT2D eigenvalue weighted by Gasteiger charge is -2.08. The van der Waals surface area contributed by atoms with Gasteiger partial charge in [-0.05, 0) is 65.9 Å². The molecule has 0 unspecified atom stereocenters. The molecule has 0 aliphatic carbocycles. The number of amides is 2. The van der Waals surface area contributed by atoms with E-state index >= 15 is 0 Å². The Balaban J connectivity index is 1.41. The maximum atomic E-state index is 12.5. The molecule has 4 aromatic rings. The molecule has 10 nitrogen and oxygen atoms in total. The number of carbonyl (C=O) groups excluding carboxylic acids is 2. The summed E-state index contributed by atoms with van der Waals surface area (Å²) in [5.41, 5.74) is 7.72. The highest BCUT2D eigenvalue weighted by Gasteiger charge is 2.16. The fourth-order valence-electron chi connectivity index (χ4n) is 2.77. The van der Waals surface area contributed by atoms with E-state index in [2.05, 4.69) is 47.4 Å². The second-order valence-electron chi connectivity index (χ2n) is 6.24. The topological polar surface area (TPSA) is 120 Å². The zero-order valence-electron chi connectivity index (χ0n) is 15.7. The largest absolute Gasteiger partial charge is 0.273 e. The second-order valence-corrected chi connectivity index (χ2v) is 7.16. The molecule has 2 aromatic carbocycles. The molecule has 30 heavy (non-hydrogen) atoms. The third-order valence-electron chi connectivity index (χ3n) is 4.36. The molecule has 2 amide bonds. The average Bonchev–Trinajstić information content (AvgIpc) is 3.43. The molecular weight excluding hydrogens is 452 g/mol. The molecule has 0 bridgehead atoms. The van der Waals surface area contributed by atoms with Crippen molar-refractivity contribution in [2.45, 2.75) is 6.92 Å². The van der Waals surface area contributed by atoms with Crippen molar-refractivity contribution in [3.8, 4) is 11.4 Å². The highest BCUT2D eigenvalue weighted by Crippen LogP contribution is 2.17. The number of hydrogen-bond donors (Lipinski definition) is 2. The smallest absolute Gasteiger partial charge is 0.267 e. The predicted octanol–water partition coefficient (Wildman–Crippen LogP) is 1.99. The second kappa shape index (κ2) is 8.25. The van der Waals surface area contributed by atoms with Crippen LogP contribution >= 0.6 is 15.9 Å². The minimum atomic E-state index is -0.463. The molecule has 2 N–H and O–H groups in total. The first-order valence-corrected chi connectivity index (χ1v) is 9.57. The summed E-state index contributed by atoms with van der Waals surface area (Å²) in [5.74, 6) is -0.918. The molecule has 150 valence electrons. The van der Waals surface area contributed by atoms with Crippen molar-refractivity contribution in [1.29, 1.82) is 0 Å². The van der Waals surface area contributed by atoms with Gasteiger partial charge in [0.15, 0.2) is 0 Å². The number of hydrogen-bond acceptors (Lipinski definition) is 6. The van der Waals surface area contributed by atoms with Crippen molar-refractivity contribution in [3.63, 3.8) is 0 Å². The fraction of sp³-hybridized carbons (Fsp3) is 0.0526. The van der Waals surface area contributed by atoms with E-state index in [1.54, 1.807) is 35.9 Å². The quantitative estimate of drug-likeness (QED) is 0.443. The lowest BCUT2D eigenvalue weighted by Crippen LogP contribution is -2.41. The molecule has 0 spiro atoms. The highest BCUT2D eigenvalue weighted by molar-refractivity contribution is 9.10. The zero-order valence-corrected chi connectivity index (χ0v) is 17.2. The van der Waals surface area contributed by atoms with Crippen LogP contribution in [0, 0.1) is 6.92 Å². The van der Waals surface area contributed by atoms with Gasteiger partial charge in [-0.15, -0.1) is 5.10 Å². The van der Waals surface area contributed by atoms with Gasteiger partial charge in [0.1, 0.15) is 6.33 Å². The minimum Gasteiger partial charge on any atom is -0.267 e. The molecule has 0 aliphatic heterocycles. The van der Waals surface area contributed by atoms with Gasteiger partial charge < -0.3 is 0 Å². The lowest BCUT2D eigenvalue weighted by atomic mass is 10.2. The number of hydrazine groups is 1. The standard InChI is InChI=1S/C19H15BrN8O2/c1-12-17(10-22-28(12)16-8-4-14(20)5-9-16)19(30)24-23-18(29)13-2-6-15(7-3-13)27-11-21-25-26-27/h2-11H,1H3,(H,23,29)(H,24,30). The molecular formula is C19H15BrN8O2. The number of tetrazole rings is 1. The van der Waals surface area contributed by atoms with Crippen molar-refractivity contribution in [2.24, 2.45) is 0 Å². The Morgan fingerprint density at radius 3 is 2.27 bits per heavy atom. The summed E-state index contributed by atoms with van der Waals surface area (Å²) < 4.78 is 4.07. The van der Waals surface area contributed by atoms with Crippen LogP contribution in [0.15, 0.2) is 65.5 Å². The Hall–Kier alpha value is -3.86. The van der Waals surface area contributed by atoms with Gasteiger partial charge in [0.2, 0.25) is 0 Å². The van der Waals surface area contributed by atoms with E-state index in [-0.39, 0.29) is 0 Å². The van der Waals surface area contributed by atoms with Crippen molar-refractivity contribution >= 4 is 27.7 Å². The molecule has 2 heterocycles. The maximum absolute atomic E-state index is 12.5. The first-order valence-electron chi connectivity index (χ1n) is 8.77. The molecule has 11 heteroatoms. The van der Waals surface area contributed by atoms with Crippen LogP contribution in [0.1, 0.15) is 26.4 Å². The summed E-state index contributed by atoms with van der Waals surface area (Å²) >= 11 is 3.39. The third-order valence-corrected chi connectivity index (χ3v) is 4.89. The van der Waals surface area contributed by atoms with Gasteiger partial charge in [-0.3, -0.25) is 20.4 Å². The molecule has 0 radical (unpaired) electrons. The molecule has 0 aliphatic rings. The van der Waals surface area contributed by atoms with Gasteiger partial charge in [-0.25, -0.2) is 9.36 Å². The van der Waals surface area contributed by atoms with Crippen molar-refractivity contribution in [3.05, 3.63) is 82.3 Å². The lowest BCUT2D eigenvalue weighted by molar-refractivity contribution is 0.0846. The van der Waals surface area contributed by atoms with Crippen LogP contribution in [0.5, 0.6) is 0 Å². The Morgan fingerprint density at radius 2 is 1.60 bits per heavy atom. The van der Waals surface area contributed by atoms with E-state index in [4.69, 9.17) is 0 Å². The van der Waals surface area contributed by atoms with Crippen LogP contribution in [0.2, 0.25) is 0 Å². The van der Waals surface area contributed by atoms with E-state index in [0.717, 1.165) is 10.2 Å².